The van der Waals surface area contributed by atoms with E-state index in [1.807, 2.05) is 41.3 Å². The first-order valence-corrected chi connectivity index (χ1v) is 11.3. The zero-order chi connectivity index (χ0) is 20.1. The summed E-state index contributed by atoms with van der Waals surface area (Å²) in [5.41, 5.74) is 0.959. The van der Waals surface area contributed by atoms with E-state index in [-0.39, 0.29) is 30.7 Å². The molecule has 1 atom stereocenters. The Bertz CT molecular complexity index is 834. The fourth-order valence-corrected chi connectivity index (χ4v) is 5.02. The lowest BCUT2D eigenvalue weighted by Gasteiger charge is -2.29. The number of fused-ring (bicyclic) bond motifs is 1. The van der Waals surface area contributed by atoms with E-state index in [0.29, 0.717) is 13.1 Å². The van der Waals surface area contributed by atoms with E-state index >= 15 is 0 Å². The molecule has 1 N–H and O–H groups in total. The second-order valence-electron chi connectivity index (χ2n) is 7.44. The van der Waals surface area contributed by atoms with Crippen LogP contribution in [0.3, 0.4) is 0 Å². The molecular formula is C22H27N3O3S. The van der Waals surface area contributed by atoms with Crippen LogP contribution in [0.4, 0.5) is 5.69 Å². The van der Waals surface area contributed by atoms with E-state index in [1.54, 1.807) is 18.0 Å². The van der Waals surface area contributed by atoms with Gasteiger partial charge in [-0.25, -0.2) is 0 Å². The molecule has 1 aromatic carbocycles. The molecule has 1 aromatic heterocycles. The second kappa shape index (κ2) is 9.50. The number of carbonyl (C=O) groups is 2. The van der Waals surface area contributed by atoms with Gasteiger partial charge in [-0.1, -0.05) is 12.1 Å². The van der Waals surface area contributed by atoms with Crippen molar-refractivity contribution in [1.29, 1.82) is 0 Å². The number of nitrogens with one attached hydrogen (secondary N) is 1. The molecule has 29 heavy (non-hydrogen) atoms. The van der Waals surface area contributed by atoms with Gasteiger partial charge in [0.05, 0.1) is 18.0 Å². The summed E-state index contributed by atoms with van der Waals surface area (Å²) >= 11 is 1.77. The van der Waals surface area contributed by atoms with E-state index in [9.17, 15) is 9.59 Å². The zero-order valence-corrected chi connectivity index (χ0v) is 17.3. The molecule has 0 saturated carbocycles. The van der Waals surface area contributed by atoms with E-state index in [4.69, 9.17) is 4.42 Å². The molecule has 6 nitrogen and oxygen atoms in total. The lowest BCUT2D eigenvalue weighted by Crippen LogP contribution is -2.38. The molecule has 2 aliphatic heterocycles. The third-order valence-electron chi connectivity index (χ3n) is 5.54. The SMILES string of the molecule is O=C(CCC(=O)N1CCSc2ccccc21)NCC(c1ccco1)N1CCCC1. The minimum absolute atomic E-state index is 0.00928. The Hall–Kier alpha value is -2.25. The highest BCUT2D eigenvalue weighted by atomic mass is 32.2. The summed E-state index contributed by atoms with van der Waals surface area (Å²) in [6.07, 6.45) is 4.45. The van der Waals surface area contributed by atoms with E-state index in [1.165, 1.54) is 12.8 Å². The number of para-hydroxylation sites is 1. The van der Waals surface area contributed by atoms with E-state index in [0.717, 1.165) is 35.2 Å². The molecule has 154 valence electrons. The van der Waals surface area contributed by atoms with Crippen molar-refractivity contribution in [3.63, 3.8) is 0 Å². The minimum Gasteiger partial charge on any atom is -0.468 e. The molecule has 0 radical (unpaired) electrons. The fourth-order valence-electron chi connectivity index (χ4n) is 4.03. The van der Waals surface area contributed by atoms with Crippen LogP contribution in [-0.4, -0.2) is 48.6 Å². The third-order valence-corrected chi connectivity index (χ3v) is 6.58. The number of rotatable bonds is 7. The molecule has 0 spiro atoms. The summed E-state index contributed by atoms with van der Waals surface area (Å²) in [4.78, 5) is 30.4. The van der Waals surface area contributed by atoms with Gasteiger partial charge in [-0.3, -0.25) is 14.5 Å². The first-order valence-electron chi connectivity index (χ1n) is 10.3. The summed E-state index contributed by atoms with van der Waals surface area (Å²) in [7, 11) is 0. The number of hydrogen-bond acceptors (Lipinski definition) is 5. The molecule has 1 unspecified atom stereocenters. The van der Waals surface area contributed by atoms with Crippen molar-refractivity contribution in [2.45, 2.75) is 36.6 Å². The summed E-state index contributed by atoms with van der Waals surface area (Å²) in [6.45, 7) is 3.24. The predicted octanol–water partition coefficient (Wildman–Crippen LogP) is 3.45. The van der Waals surface area contributed by atoms with Gasteiger partial charge in [-0.15, -0.1) is 11.8 Å². The molecule has 2 aromatic rings. The average Bonchev–Trinajstić information content (AvgIpc) is 3.47. The van der Waals surface area contributed by atoms with Crippen molar-refractivity contribution in [1.82, 2.24) is 10.2 Å². The highest BCUT2D eigenvalue weighted by Gasteiger charge is 2.26. The number of likely N-dealkylation sites (tertiary alicyclic amines) is 1. The number of thioether (sulfide) groups is 1. The molecule has 4 rings (SSSR count). The maximum Gasteiger partial charge on any atom is 0.227 e. The Morgan fingerprint density at radius 3 is 2.69 bits per heavy atom. The Labute approximate surface area is 175 Å². The lowest BCUT2D eigenvalue weighted by molar-refractivity contribution is -0.125. The van der Waals surface area contributed by atoms with Gasteiger partial charge < -0.3 is 14.6 Å². The maximum atomic E-state index is 12.7. The Balaban J connectivity index is 1.29. The zero-order valence-electron chi connectivity index (χ0n) is 16.5. The summed E-state index contributed by atoms with van der Waals surface area (Å²) in [6, 6.07) is 11.9. The third kappa shape index (κ3) is 4.85. The summed E-state index contributed by atoms with van der Waals surface area (Å²) in [5.74, 6) is 1.68. The topological polar surface area (TPSA) is 65.8 Å². The van der Waals surface area contributed by atoms with Crippen LogP contribution < -0.4 is 10.2 Å². The average molecular weight is 414 g/mol. The highest BCUT2D eigenvalue weighted by molar-refractivity contribution is 7.99. The van der Waals surface area contributed by atoms with Gasteiger partial charge in [0, 0.05) is 36.6 Å². The molecule has 2 amide bonds. The molecule has 7 heteroatoms. The normalized spacial score (nSPS) is 17.7. The highest BCUT2D eigenvalue weighted by Crippen LogP contribution is 2.34. The number of carbonyl (C=O) groups excluding carboxylic acids is 2. The number of nitrogens with zero attached hydrogens (tertiary/aromatic N) is 2. The lowest BCUT2D eigenvalue weighted by atomic mass is 10.2. The standard InChI is InChI=1S/C22H27N3O3S/c26-21(23-16-18(19-7-5-14-28-19)24-11-3-4-12-24)9-10-22(27)25-13-15-29-20-8-2-1-6-17(20)25/h1-2,5-8,14,18H,3-4,9-13,15-16H2,(H,23,26). The van der Waals surface area contributed by atoms with Gasteiger partial charge in [-0.05, 0) is 50.2 Å². The van der Waals surface area contributed by atoms with Crippen molar-refractivity contribution < 1.29 is 14.0 Å². The Morgan fingerprint density at radius 2 is 1.90 bits per heavy atom. The van der Waals surface area contributed by atoms with Crippen LogP contribution in [0.15, 0.2) is 52.0 Å². The van der Waals surface area contributed by atoms with Gasteiger partial charge in [-0.2, -0.15) is 0 Å². The number of benzene rings is 1. The minimum atomic E-state index is -0.0891. The van der Waals surface area contributed by atoms with Crippen molar-refractivity contribution in [2.75, 3.05) is 36.8 Å². The van der Waals surface area contributed by atoms with Crippen LogP contribution >= 0.6 is 11.8 Å². The number of amides is 2. The van der Waals surface area contributed by atoms with Crippen molar-refractivity contribution in [2.24, 2.45) is 0 Å². The predicted molar refractivity (Wildman–Crippen MR) is 114 cm³/mol. The van der Waals surface area contributed by atoms with Crippen molar-refractivity contribution >= 4 is 29.3 Å². The summed E-state index contributed by atoms with van der Waals surface area (Å²) in [5, 5.41) is 3.01. The number of hydrogen-bond donors (Lipinski definition) is 1. The van der Waals surface area contributed by atoms with Crippen LogP contribution in [0.2, 0.25) is 0 Å². The van der Waals surface area contributed by atoms with Crippen LogP contribution in [0, 0.1) is 0 Å². The van der Waals surface area contributed by atoms with Gasteiger partial charge >= 0.3 is 0 Å². The van der Waals surface area contributed by atoms with Gasteiger partial charge in [0.25, 0.3) is 0 Å². The van der Waals surface area contributed by atoms with Crippen molar-refractivity contribution in [3.8, 4) is 0 Å². The second-order valence-corrected chi connectivity index (χ2v) is 8.58. The van der Waals surface area contributed by atoms with E-state index in [2.05, 4.69) is 10.2 Å². The van der Waals surface area contributed by atoms with Crippen LogP contribution in [0.25, 0.3) is 0 Å². The van der Waals surface area contributed by atoms with Gasteiger partial charge in [0.2, 0.25) is 11.8 Å². The largest absolute Gasteiger partial charge is 0.468 e. The molecule has 0 aliphatic carbocycles. The Kier molecular flexibility index (Phi) is 6.56. The smallest absolute Gasteiger partial charge is 0.227 e. The molecule has 0 bridgehead atoms. The quantitative estimate of drug-likeness (QED) is 0.753. The van der Waals surface area contributed by atoms with Crippen LogP contribution in [0.1, 0.15) is 37.5 Å². The monoisotopic (exact) mass is 413 g/mol. The molecule has 3 heterocycles. The maximum absolute atomic E-state index is 12.7. The number of furan rings is 1. The first-order chi connectivity index (χ1) is 14.2. The van der Waals surface area contributed by atoms with Gasteiger partial charge in [0.1, 0.15) is 5.76 Å². The summed E-state index contributed by atoms with van der Waals surface area (Å²) < 4.78 is 5.60. The molecular weight excluding hydrogens is 386 g/mol. The number of anilines is 1. The van der Waals surface area contributed by atoms with E-state index < -0.39 is 0 Å². The van der Waals surface area contributed by atoms with Crippen LogP contribution in [0.5, 0.6) is 0 Å². The Morgan fingerprint density at radius 1 is 1.07 bits per heavy atom. The molecule has 2 aliphatic rings. The molecule has 1 fully saturated rings. The van der Waals surface area contributed by atoms with Crippen LogP contribution in [-0.2, 0) is 9.59 Å². The molecule has 1 saturated heterocycles. The fraction of sp³-hybridized carbons (Fsp3) is 0.455. The first kappa shape index (κ1) is 20.0. The van der Waals surface area contributed by atoms with Crippen molar-refractivity contribution in [3.05, 3.63) is 48.4 Å². The van der Waals surface area contributed by atoms with Gasteiger partial charge in [0.15, 0.2) is 0 Å².